The number of fused-ring (bicyclic) bond motifs is 2. The number of carbonyl (C=O) groups excluding carboxylic acids is 1. The molecule has 0 aliphatic rings. The van der Waals surface area contributed by atoms with E-state index < -0.39 is 51.9 Å². The number of aliphatic hydroxyl groups is 1. The number of esters is 1. The van der Waals surface area contributed by atoms with Crippen LogP contribution in [0.25, 0.3) is 38.3 Å². The summed E-state index contributed by atoms with van der Waals surface area (Å²) < 4.78 is 105. The Balaban J connectivity index is 1.52. The van der Waals surface area contributed by atoms with Gasteiger partial charge in [-0.25, -0.2) is 0 Å². The lowest BCUT2D eigenvalue weighted by atomic mass is 10.0. The van der Waals surface area contributed by atoms with Crippen molar-refractivity contribution in [3.63, 3.8) is 0 Å². The van der Waals surface area contributed by atoms with Gasteiger partial charge in [0.15, 0.2) is 0 Å². The van der Waals surface area contributed by atoms with Crippen LogP contribution in [0.4, 0.5) is 0 Å². The van der Waals surface area contributed by atoms with Crippen molar-refractivity contribution in [1.29, 1.82) is 0 Å². The van der Waals surface area contributed by atoms with Crippen molar-refractivity contribution < 1.29 is 53.5 Å². The molecule has 15 heteroatoms. The van der Waals surface area contributed by atoms with Crippen LogP contribution in [-0.4, -0.2) is 50.0 Å². The van der Waals surface area contributed by atoms with E-state index in [0.29, 0.717) is 16.3 Å². The summed E-state index contributed by atoms with van der Waals surface area (Å²) in [5.74, 6) is -1.32. The van der Waals surface area contributed by atoms with Crippen molar-refractivity contribution in [2.45, 2.75) is 16.2 Å². The first-order valence-corrected chi connectivity index (χ1v) is 17.7. The first-order valence-electron chi connectivity index (χ1n) is 13.3. The van der Waals surface area contributed by atoms with Gasteiger partial charge in [0.1, 0.15) is 16.4 Å². The van der Waals surface area contributed by atoms with Crippen LogP contribution >= 0.6 is 0 Å². The van der Waals surface area contributed by atoms with Crippen LogP contribution < -0.4 is 4.74 Å². The lowest BCUT2D eigenvalue weighted by Crippen LogP contribution is -2.12. The highest BCUT2D eigenvalue weighted by Gasteiger charge is 2.21. The number of hydrogen-bond donors (Lipinski definition) is 4. The molecule has 5 aromatic carbocycles. The zero-order valence-corrected chi connectivity index (χ0v) is 26.4. The van der Waals surface area contributed by atoms with Crippen LogP contribution in [0, 0.1) is 0 Å². The summed E-state index contributed by atoms with van der Waals surface area (Å²) in [5.41, 5.74) is 0.618. The second kappa shape index (κ2) is 12.4. The third-order valence-corrected chi connectivity index (χ3v) is 9.71. The Bertz CT molecular complexity index is 2480. The monoisotopic (exact) mass is 696 g/mol. The molecule has 0 amide bonds. The fourth-order valence-corrected chi connectivity index (χ4v) is 6.58. The van der Waals surface area contributed by atoms with Crippen LogP contribution in [0.1, 0.15) is 22.3 Å². The third kappa shape index (κ3) is 7.41. The summed E-state index contributed by atoms with van der Waals surface area (Å²) in [7, 11) is -13.9. The molecule has 0 aliphatic carbocycles. The van der Waals surface area contributed by atoms with Gasteiger partial charge in [-0.15, -0.1) is 0 Å². The second-order valence-corrected chi connectivity index (χ2v) is 14.5. The van der Waals surface area contributed by atoms with E-state index in [-0.39, 0.29) is 44.5 Å². The fraction of sp³-hybridized carbons (Fsp3) is 0.0312. The maximum atomic E-state index is 13.0. The first-order chi connectivity index (χ1) is 21.9. The summed E-state index contributed by atoms with van der Waals surface area (Å²) in [5, 5.41) is 12.0. The molecule has 0 heterocycles. The predicted octanol–water partition coefficient (Wildman–Crippen LogP) is 5.55. The molecular weight excluding hydrogens is 673 g/mol. The molecule has 4 N–H and O–H groups in total. The standard InChI is InChI=1S/C32H24O12S3/c1-19(45(35,36)37)25-4-2-3-5-26(25)29(33)16-21-7-11-27-28(15-21)30(12-13-31(27)47(41,42)43)44-32(34)17-20-6-8-22-9-10-24(46(38,39)40)18-23(22)14-20/h2-16,18,33H,1,17H2,(H,35,36,37)(H,38,39,40)(H,41,42,43)/b29-16-. The van der Waals surface area contributed by atoms with Crippen molar-refractivity contribution in [2.24, 2.45) is 0 Å². The number of ether oxygens (including phenoxy) is 1. The molecular formula is C32H24O12S3. The van der Waals surface area contributed by atoms with Gasteiger partial charge in [-0.2, -0.15) is 25.3 Å². The fourth-order valence-electron chi connectivity index (χ4n) is 4.91. The molecule has 242 valence electrons. The number of rotatable bonds is 9. The van der Waals surface area contributed by atoms with Gasteiger partial charge in [0.2, 0.25) is 0 Å². The second-order valence-electron chi connectivity index (χ2n) is 10.3. The van der Waals surface area contributed by atoms with E-state index in [1.54, 1.807) is 18.2 Å². The highest BCUT2D eigenvalue weighted by Crippen LogP contribution is 2.34. The zero-order chi connectivity index (χ0) is 34.3. The molecule has 0 radical (unpaired) electrons. The Morgan fingerprint density at radius 2 is 1.40 bits per heavy atom. The largest absolute Gasteiger partial charge is 0.507 e. The number of carbonyl (C=O) groups is 1. The predicted molar refractivity (Wildman–Crippen MR) is 174 cm³/mol. The van der Waals surface area contributed by atoms with Gasteiger partial charge in [-0.05, 0) is 58.3 Å². The summed E-state index contributed by atoms with van der Waals surface area (Å²) in [4.78, 5) is 11.6. The molecule has 0 spiro atoms. The Kier molecular flexibility index (Phi) is 8.81. The van der Waals surface area contributed by atoms with E-state index >= 15 is 0 Å². The normalized spacial score (nSPS) is 12.7. The van der Waals surface area contributed by atoms with Gasteiger partial charge in [-0.1, -0.05) is 67.2 Å². The van der Waals surface area contributed by atoms with Gasteiger partial charge < -0.3 is 9.84 Å². The summed E-state index contributed by atoms with van der Waals surface area (Å²) in [6.45, 7) is 3.38. The molecule has 5 rings (SSSR count). The zero-order valence-electron chi connectivity index (χ0n) is 23.9. The van der Waals surface area contributed by atoms with E-state index in [2.05, 4.69) is 6.58 Å². The number of aliphatic hydroxyl groups excluding tert-OH is 1. The van der Waals surface area contributed by atoms with E-state index in [1.165, 1.54) is 72.8 Å². The minimum Gasteiger partial charge on any atom is -0.507 e. The number of benzene rings is 5. The van der Waals surface area contributed by atoms with E-state index in [9.17, 15) is 48.8 Å². The summed E-state index contributed by atoms with van der Waals surface area (Å²) in [6, 6.07) is 20.8. The molecule has 47 heavy (non-hydrogen) atoms. The molecule has 0 fully saturated rings. The van der Waals surface area contributed by atoms with Crippen molar-refractivity contribution in [1.82, 2.24) is 0 Å². The quantitative estimate of drug-likeness (QED) is 0.0492. The Labute approximate surface area is 269 Å². The van der Waals surface area contributed by atoms with Crippen LogP contribution in [-0.2, 0) is 41.6 Å². The molecule has 0 saturated heterocycles. The minimum atomic E-state index is -4.72. The van der Waals surface area contributed by atoms with Gasteiger partial charge in [-0.3, -0.25) is 18.5 Å². The molecule has 0 aliphatic heterocycles. The maximum absolute atomic E-state index is 13.0. The molecule has 0 atom stereocenters. The van der Waals surface area contributed by atoms with Gasteiger partial charge >= 0.3 is 5.97 Å². The smallest absolute Gasteiger partial charge is 0.315 e. The van der Waals surface area contributed by atoms with Crippen LogP contribution in [0.2, 0.25) is 0 Å². The Morgan fingerprint density at radius 3 is 2.06 bits per heavy atom. The maximum Gasteiger partial charge on any atom is 0.315 e. The van der Waals surface area contributed by atoms with Crippen molar-refractivity contribution >= 4 is 74.6 Å². The van der Waals surface area contributed by atoms with Crippen LogP contribution in [0.3, 0.4) is 0 Å². The number of hydrogen-bond acceptors (Lipinski definition) is 9. The molecule has 12 nitrogen and oxygen atoms in total. The lowest BCUT2D eigenvalue weighted by Gasteiger charge is -2.12. The average molecular weight is 697 g/mol. The van der Waals surface area contributed by atoms with E-state index in [1.807, 2.05) is 0 Å². The van der Waals surface area contributed by atoms with Gasteiger partial charge in [0.05, 0.1) is 16.2 Å². The Morgan fingerprint density at radius 1 is 0.723 bits per heavy atom. The summed E-state index contributed by atoms with van der Waals surface area (Å²) in [6.07, 6.45) is 0.930. The molecule has 5 aromatic rings. The molecule has 0 aromatic heterocycles. The van der Waals surface area contributed by atoms with Gasteiger partial charge in [0, 0.05) is 21.9 Å². The molecule has 0 saturated carbocycles. The molecule has 0 bridgehead atoms. The van der Waals surface area contributed by atoms with Gasteiger partial charge in [0.25, 0.3) is 30.4 Å². The van der Waals surface area contributed by atoms with Crippen LogP contribution in [0.5, 0.6) is 5.75 Å². The average Bonchev–Trinajstić information content (AvgIpc) is 2.99. The van der Waals surface area contributed by atoms with E-state index in [0.717, 1.165) is 6.07 Å². The first kappa shape index (κ1) is 33.5. The van der Waals surface area contributed by atoms with Crippen LogP contribution in [0.15, 0.2) is 107 Å². The third-order valence-electron chi connectivity index (χ3n) is 7.10. The Hall–Kier alpha value is -4.90. The SMILES string of the molecule is C=C(c1ccccc1/C(O)=C/c1ccc2c(S(=O)(=O)O)ccc(OC(=O)Cc3ccc4ccc(S(=O)(=O)O)cc4c3)c2c1)S(=O)(=O)O. The van der Waals surface area contributed by atoms with Crippen molar-refractivity contribution in [2.75, 3.05) is 0 Å². The van der Waals surface area contributed by atoms with Crippen molar-refractivity contribution in [3.05, 3.63) is 120 Å². The van der Waals surface area contributed by atoms with Crippen molar-refractivity contribution in [3.8, 4) is 5.75 Å². The lowest BCUT2D eigenvalue weighted by molar-refractivity contribution is -0.133. The highest BCUT2D eigenvalue weighted by molar-refractivity contribution is 7.95. The summed E-state index contributed by atoms with van der Waals surface area (Å²) >= 11 is 0. The highest BCUT2D eigenvalue weighted by atomic mass is 32.2. The molecule has 0 unspecified atom stereocenters. The minimum absolute atomic E-state index is 0.00709. The van der Waals surface area contributed by atoms with E-state index in [4.69, 9.17) is 4.74 Å². The topological polar surface area (TPSA) is 210 Å².